The van der Waals surface area contributed by atoms with Crippen molar-refractivity contribution in [2.75, 3.05) is 13.1 Å². The van der Waals surface area contributed by atoms with Crippen molar-refractivity contribution in [1.82, 2.24) is 8.87 Å². The van der Waals surface area contributed by atoms with Crippen molar-refractivity contribution < 1.29 is 23.1 Å². The molecule has 4 N–H and O–H groups in total. The molecule has 24 heavy (non-hydrogen) atoms. The van der Waals surface area contributed by atoms with E-state index in [1.54, 1.807) is 4.90 Å². The molecule has 2 aliphatic rings. The van der Waals surface area contributed by atoms with Gasteiger partial charge >= 0.3 is 10.2 Å². The monoisotopic (exact) mass is 355 g/mol. The lowest BCUT2D eigenvalue weighted by molar-refractivity contribution is -0.255. The molecule has 0 spiro atoms. The summed E-state index contributed by atoms with van der Waals surface area (Å²) in [6.45, 7) is 0.908. The van der Waals surface area contributed by atoms with Crippen LogP contribution in [0.1, 0.15) is 47.7 Å². The topological polar surface area (TPSA) is 152 Å². The number of amides is 1. The third-order valence-corrected chi connectivity index (χ3v) is 5.64. The molecule has 2 heterocycles. The minimum atomic E-state index is -4.22. The molecule has 0 atom stereocenters. The van der Waals surface area contributed by atoms with Gasteiger partial charge in [0.1, 0.15) is 0 Å². The van der Waals surface area contributed by atoms with E-state index in [4.69, 9.17) is 10.9 Å². The maximum Gasteiger partial charge on any atom is 0.302 e. The van der Waals surface area contributed by atoms with Crippen LogP contribution in [0.15, 0.2) is 12.3 Å². The number of carboxylic acids is 1. The molecule has 2 fully saturated rings. The van der Waals surface area contributed by atoms with Crippen LogP contribution in [0.2, 0.25) is 0 Å². The molecule has 1 aliphatic heterocycles. The summed E-state index contributed by atoms with van der Waals surface area (Å²) in [5.41, 5.74) is 5.12. The van der Waals surface area contributed by atoms with Crippen LogP contribution in [-0.4, -0.2) is 47.8 Å². The Bertz CT molecular complexity index is 788. The third kappa shape index (κ3) is 2.92. The normalized spacial score (nSPS) is 20.8. The minimum absolute atomic E-state index is 0.0665. The lowest BCUT2D eigenvalue weighted by Gasteiger charge is -2.34. The molecule has 0 unspecified atom stereocenters. The van der Waals surface area contributed by atoms with Crippen LogP contribution in [0, 0.1) is 0 Å². The first-order valence-electron chi connectivity index (χ1n) is 7.67. The lowest BCUT2D eigenvalue weighted by Crippen LogP contribution is -2.48. The highest BCUT2D eigenvalue weighted by Crippen LogP contribution is 2.37. The minimum Gasteiger partial charge on any atom is -0.543 e. The van der Waals surface area contributed by atoms with Crippen molar-refractivity contribution in [3.8, 4) is 0 Å². The highest BCUT2D eigenvalue weighted by atomic mass is 32.2. The first-order valence-corrected chi connectivity index (χ1v) is 9.18. The van der Waals surface area contributed by atoms with Crippen LogP contribution >= 0.6 is 0 Å². The van der Waals surface area contributed by atoms with E-state index < -0.39 is 27.4 Å². The van der Waals surface area contributed by atoms with Gasteiger partial charge in [0.25, 0.3) is 0 Å². The highest BCUT2D eigenvalue weighted by molar-refractivity contribution is 7.87. The Hall–Kier alpha value is -1.91. The molecule has 1 aromatic rings. The van der Waals surface area contributed by atoms with Crippen LogP contribution in [0.4, 0.5) is 0 Å². The smallest absolute Gasteiger partial charge is 0.302 e. The largest absolute Gasteiger partial charge is 0.543 e. The fourth-order valence-corrected chi connectivity index (χ4v) is 3.90. The highest BCUT2D eigenvalue weighted by Gasteiger charge is 2.48. The summed E-state index contributed by atoms with van der Waals surface area (Å²) < 4.78 is 23.5. The molecule has 9 nitrogen and oxygen atoms in total. The summed E-state index contributed by atoms with van der Waals surface area (Å²) in [7, 11) is -4.22. The van der Waals surface area contributed by atoms with E-state index in [1.165, 1.54) is 6.07 Å². The Morgan fingerprint density at radius 2 is 1.83 bits per heavy atom. The van der Waals surface area contributed by atoms with Crippen molar-refractivity contribution >= 4 is 22.1 Å². The predicted octanol–water partition coefficient (Wildman–Crippen LogP) is -1.90. The molecule has 10 heteroatoms. The van der Waals surface area contributed by atoms with E-state index in [2.05, 4.69) is 0 Å². The van der Waals surface area contributed by atoms with E-state index in [0.717, 1.165) is 6.20 Å². The molecule has 0 aromatic carbocycles. The van der Waals surface area contributed by atoms with E-state index in [-0.39, 0.29) is 11.8 Å². The number of carboxylic acid groups (broad SMARTS) is 1. The number of nitrogens with two attached hydrogens (primary N) is 2. The number of carbonyl (C=O) groups is 2. The van der Waals surface area contributed by atoms with Gasteiger partial charge in [-0.3, -0.25) is 4.79 Å². The Labute approximate surface area is 139 Å². The Morgan fingerprint density at radius 1 is 1.25 bits per heavy atom. The van der Waals surface area contributed by atoms with Gasteiger partial charge in [-0.15, -0.1) is 0 Å². The molecule has 1 aromatic heterocycles. The standard InChI is InChI=1S/C14H20N4O5S/c15-14(4-5-14)13(21)17-6-1-9(2-7-17)10-3-8-18(24(16,22)23)11(10)12(19)20/h3,8-9H,1-2,4-7,15H2,(H,19,20)(H2,16,22,23)/p-1. The Kier molecular flexibility index (Phi) is 3.93. The maximum absolute atomic E-state index is 12.2. The molecule has 1 amide bonds. The van der Waals surface area contributed by atoms with Crippen molar-refractivity contribution in [2.24, 2.45) is 10.9 Å². The number of hydrogen-bond acceptors (Lipinski definition) is 6. The first-order chi connectivity index (χ1) is 11.1. The van der Waals surface area contributed by atoms with E-state index >= 15 is 0 Å². The fraction of sp³-hybridized carbons (Fsp3) is 0.571. The second kappa shape index (κ2) is 5.57. The van der Waals surface area contributed by atoms with Crippen molar-refractivity contribution in [3.05, 3.63) is 23.5 Å². The van der Waals surface area contributed by atoms with Gasteiger partial charge in [-0.05, 0) is 43.2 Å². The number of aromatic nitrogens is 1. The summed E-state index contributed by atoms with van der Waals surface area (Å²) in [4.78, 5) is 25.3. The van der Waals surface area contributed by atoms with Crippen LogP contribution in [0.5, 0.6) is 0 Å². The van der Waals surface area contributed by atoms with Crippen LogP contribution in [-0.2, 0) is 15.0 Å². The van der Waals surface area contributed by atoms with Crippen molar-refractivity contribution in [3.63, 3.8) is 0 Å². The average molecular weight is 355 g/mol. The zero-order valence-electron chi connectivity index (χ0n) is 13.0. The van der Waals surface area contributed by atoms with Gasteiger partial charge in [0, 0.05) is 19.3 Å². The quantitative estimate of drug-likeness (QED) is 0.643. The summed E-state index contributed by atoms with van der Waals surface area (Å²) in [6.07, 6.45) is 3.55. The maximum atomic E-state index is 12.2. The zero-order chi connectivity index (χ0) is 17.7. The zero-order valence-corrected chi connectivity index (χ0v) is 13.8. The Balaban J connectivity index is 1.78. The number of rotatable bonds is 4. The molecule has 1 aliphatic carbocycles. The summed E-state index contributed by atoms with van der Waals surface area (Å²) in [6, 6.07) is 1.43. The van der Waals surface area contributed by atoms with Gasteiger partial charge in [0.15, 0.2) is 0 Å². The Morgan fingerprint density at radius 3 is 2.29 bits per heavy atom. The van der Waals surface area contributed by atoms with Crippen molar-refractivity contribution in [1.29, 1.82) is 0 Å². The van der Waals surface area contributed by atoms with Gasteiger partial charge < -0.3 is 20.5 Å². The van der Waals surface area contributed by atoms with E-state index in [0.29, 0.717) is 48.3 Å². The molecular weight excluding hydrogens is 336 g/mol. The second-order valence-corrected chi connectivity index (χ2v) is 7.89. The molecule has 0 radical (unpaired) electrons. The third-order valence-electron chi connectivity index (χ3n) is 4.79. The summed E-state index contributed by atoms with van der Waals surface area (Å²) in [5.74, 6) is -1.84. The second-order valence-electron chi connectivity index (χ2n) is 6.47. The average Bonchev–Trinajstić information content (AvgIpc) is 3.10. The lowest BCUT2D eigenvalue weighted by atomic mass is 9.89. The number of piperidine rings is 1. The van der Waals surface area contributed by atoms with E-state index in [9.17, 15) is 23.1 Å². The molecule has 1 saturated carbocycles. The van der Waals surface area contributed by atoms with Gasteiger partial charge in [0.2, 0.25) is 5.91 Å². The van der Waals surface area contributed by atoms with Crippen molar-refractivity contribution in [2.45, 2.75) is 37.1 Å². The van der Waals surface area contributed by atoms with Crippen LogP contribution in [0.25, 0.3) is 0 Å². The van der Waals surface area contributed by atoms with Gasteiger partial charge in [-0.1, -0.05) is 0 Å². The number of likely N-dealkylation sites (tertiary alicyclic amines) is 1. The fourth-order valence-electron chi connectivity index (χ4n) is 3.24. The SMILES string of the molecule is NC1(C(=O)N2CCC(c3ccn(S(N)(=O)=O)c3C(=O)[O-])CC2)CC1. The summed E-state index contributed by atoms with van der Waals surface area (Å²) in [5, 5.41) is 16.4. The molecule has 1 saturated heterocycles. The van der Waals surface area contributed by atoms with E-state index in [1.807, 2.05) is 0 Å². The molecule has 132 valence electrons. The molecular formula is C14H19N4O5S-. The van der Waals surface area contributed by atoms with Crippen LogP contribution < -0.4 is 16.0 Å². The van der Waals surface area contributed by atoms with Gasteiger partial charge in [0.05, 0.1) is 17.2 Å². The van der Waals surface area contributed by atoms with Gasteiger partial charge in [-0.25, -0.2) is 9.11 Å². The van der Waals surface area contributed by atoms with Crippen LogP contribution in [0.3, 0.4) is 0 Å². The summed E-state index contributed by atoms with van der Waals surface area (Å²) >= 11 is 0. The number of hydrogen-bond donors (Lipinski definition) is 2. The number of aromatic carboxylic acids is 1. The number of nitrogens with zero attached hydrogens (tertiary/aromatic N) is 2. The molecule has 3 rings (SSSR count). The van der Waals surface area contributed by atoms with Gasteiger partial charge in [-0.2, -0.15) is 8.42 Å². The predicted molar refractivity (Wildman–Crippen MR) is 82.0 cm³/mol. The molecule has 0 bridgehead atoms. The first kappa shape index (κ1) is 16.9. The number of carbonyl (C=O) groups excluding carboxylic acids is 2.